The lowest BCUT2D eigenvalue weighted by Crippen LogP contribution is -2.25. The van der Waals surface area contributed by atoms with Gasteiger partial charge in [-0.05, 0) is 25.1 Å². The number of rotatable bonds is 3. The number of anilines is 1. The van der Waals surface area contributed by atoms with E-state index in [0.29, 0.717) is 17.1 Å². The van der Waals surface area contributed by atoms with Gasteiger partial charge in [0.25, 0.3) is 0 Å². The maximum absolute atomic E-state index is 14.2. The Bertz CT molecular complexity index is 686. The van der Waals surface area contributed by atoms with Crippen molar-refractivity contribution in [3.8, 4) is 11.4 Å². The van der Waals surface area contributed by atoms with Gasteiger partial charge in [-0.15, -0.1) is 0 Å². The number of halogens is 1. The van der Waals surface area contributed by atoms with Gasteiger partial charge in [0.1, 0.15) is 17.7 Å². The van der Waals surface area contributed by atoms with Crippen LogP contribution < -0.4 is 4.90 Å². The molecule has 1 aromatic heterocycles. The van der Waals surface area contributed by atoms with Crippen LogP contribution in [0.1, 0.15) is 5.69 Å². The molecule has 1 amide bonds. The van der Waals surface area contributed by atoms with E-state index in [1.165, 1.54) is 11.0 Å². The second-order valence-electron chi connectivity index (χ2n) is 4.85. The van der Waals surface area contributed by atoms with Gasteiger partial charge in [0.2, 0.25) is 0 Å². The average molecular weight is 291 g/mol. The first-order valence-electron chi connectivity index (χ1n) is 6.49. The van der Waals surface area contributed by atoms with Crippen LogP contribution in [0.3, 0.4) is 0 Å². The molecule has 1 aromatic carbocycles. The molecule has 21 heavy (non-hydrogen) atoms. The summed E-state index contributed by atoms with van der Waals surface area (Å²) in [4.78, 5) is 20.0. The molecule has 110 valence electrons. The lowest BCUT2D eigenvalue weighted by atomic mass is 10.1. The highest BCUT2D eigenvalue weighted by atomic mass is 19.1. The Labute approximate surface area is 120 Å². The number of cyclic esters (lactones) is 1. The van der Waals surface area contributed by atoms with E-state index in [1.807, 2.05) is 6.92 Å². The number of amides is 1. The smallest absolute Gasteiger partial charge is 0.414 e. The standard InChI is InChI=1S/C14H14FN3O3/c1-8-5-16-13(17-8)11-3-2-9(4-12(11)15)18-6-10(7-19)21-14(18)20/h2-5,10,19H,6-7H2,1H3,(H,16,17)/t10-/m1/s1. The van der Waals surface area contributed by atoms with Crippen molar-refractivity contribution >= 4 is 11.8 Å². The van der Waals surface area contributed by atoms with Crippen LogP contribution in [-0.2, 0) is 4.74 Å². The molecular weight excluding hydrogens is 277 g/mol. The SMILES string of the molecule is Cc1c[nH]c(-c2ccc(N3C[C@H](CO)OC3=O)cc2F)n1. The molecule has 1 aliphatic rings. The van der Waals surface area contributed by atoms with Gasteiger partial charge >= 0.3 is 6.09 Å². The summed E-state index contributed by atoms with van der Waals surface area (Å²) in [5.41, 5.74) is 1.49. The monoisotopic (exact) mass is 291 g/mol. The molecule has 1 atom stereocenters. The predicted octanol–water partition coefficient (Wildman–Crippen LogP) is 1.84. The van der Waals surface area contributed by atoms with E-state index in [9.17, 15) is 9.18 Å². The molecule has 0 spiro atoms. The number of aliphatic hydroxyl groups is 1. The van der Waals surface area contributed by atoms with E-state index in [4.69, 9.17) is 9.84 Å². The average Bonchev–Trinajstić information content (AvgIpc) is 3.04. The summed E-state index contributed by atoms with van der Waals surface area (Å²) < 4.78 is 19.1. The van der Waals surface area contributed by atoms with Gasteiger partial charge in [-0.3, -0.25) is 4.90 Å². The van der Waals surface area contributed by atoms with Crippen molar-refractivity contribution in [1.29, 1.82) is 0 Å². The van der Waals surface area contributed by atoms with Crippen LogP contribution in [0.2, 0.25) is 0 Å². The van der Waals surface area contributed by atoms with Gasteiger partial charge in [-0.1, -0.05) is 0 Å². The fourth-order valence-corrected chi connectivity index (χ4v) is 2.24. The molecule has 1 saturated heterocycles. The third-order valence-corrected chi connectivity index (χ3v) is 3.30. The molecule has 0 bridgehead atoms. The largest absolute Gasteiger partial charge is 0.441 e. The Balaban J connectivity index is 1.90. The second kappa shape index (κ2) is 5.17. The topological polar surface area (TPSA) is 78.5 Å². The number of hydrogen-bond acceptors (Lipinski definition) is 4. The lowest BCUT2D eigenvalue weighted by molar-refractivity contribution is 0.0963. The van der Waals surface area contributed by atoms with Crippen molar-refractivity contribution < 1.29 is 19.0 Å². The third-order valence-electron chi connectivity index (χ3n) is 3.30. The number of aryl methyl sites for hydroxylation is 1. The number of aromatic nitrogens is 2. The van der Waals surface area contributed by atoms with Crippen LogP contribution >= 0.6 is 0 Å². The van der Waals surface area contributed by atoms with Gasteiger partial charge in [0.15, 0.2) is 0 Å². The first-order valence-corrected chi connectivity index (χ1v) is 6.49. The van der Waals surface area contributed by atoms with Gasteiger partial charge in [0.05, 0.1) is 30.1 Å². The zero-order valence-electron chi connectivity index (χ0n) is 11.3. The van der Waals surface area contributed by atoms with Crippen LogP contribution in [0.25, 0.3) is 11.4 Å². The highest BCUT2D eigenvalue weighted by Crippen LogP contribution is 2.27. The van der Waals surface area contributed by atoms with E-state index in [0.717, 1.165) is 5.69 Å². The summed E-state index contributed by atoms with van der Waals surface area (Å²) in [6, 6.07) is 4.44. The molecule has 0 unspecified atom stereocenters. The number of aliphatic hydroxyl groups excluding tert-OH is 1. The summed E-state index contributed by atoms with van der Waals surface area (Å²) in [6.07, 6.45) is 0.523. The normalized spacial score (nSPS) is 18.1. The molecule has 2 aromatic rings. The molecule has 1 fully saturated rings. The van der Waals surface area contributed by atoms with Crippen LogP contribution in [-0.4, -0.2) is 40.4 Å². The minimum Gasteiger partial charge on any atom is -0.441 e. The van der Waals surface area contributed by atoms with E-state index in [-0.39, 0.29) is 13.2 Å². The number of nitrogens with zero attached hydrogens (tertiary/aromatic N) is 2. The number of H-pyrrole nitrogens is 1. The maximum atomic E-state index is 14.2. The van der Waals surface area contributed by atoms with Crippen LogP contribution in [0.5, 0.6) is 0 Å². The third kappa shape index (κ3) is 2.47. The molecule has 0 radical (unpaired) electrons. The van der Waals surface area contributed by atoms with Crippen molar-refractivity contribution in [2.75, 3.05) is 18.1 Å². The molecular formula is C14H14FN3O3. The van der Waals surface area contributed by atoms with Crippen LogP contribution in [0, 0.1) is 12.7 Å². The summed E-state index contributed by atoms with van der Waals surface area (Å²) >= 11 is 0. The predicted molar refractivity (Wildman–Crippen MR) is 73.4 cm³/mol. The number of carbonyl (C=O) groups excluding carboxylic acids is 1. The quantitative estimate of drug-likeness (QED) is 0.904. The number of aromatic amines is 1. The summed E-state index contributed by atoms with van der Waals surface area (Å²) in [5, 5.41) is 9.01. The zero-order chi connectivity index (χ0) is 15.0. The first kappa shape index (κ1) is 13.6. The lowest BCUT2D eigenvalue weighted by Gasteiger charge is -2.13. The van der Waals surface area contributed by atoms with Crippen molar-refractivity contribution in [1.82, 2.24) is 9.97 Å². The molecule has 3 rings (SSSR count). The van der Waals surface area contributed by atoms with E-state index < -0.39 is 18.0 Å². The minimum atomic E-state index is -0.588. The summed E-state index contributed by atoms with van der Waals surface area (Å²) in [6.45, 7) is 1.75. The Morgan fingerprint density at radius 3 is 2.95 bits per heavy atom. The van der Waals surface area contributed by atoms with E-state index in [2.05, 4.69) is 9.97 Å². The van der Waals surface area contributed by atoms with Crippen molar-refractivity contribution in [2.24, 2.45) is 0 Å². The number of hydrogen-bond donors (Lipinski definition) is 2. The molecule has 0 saturated carbocycles. The summed E-state index contributed by atoms with van der Waals surface area (Å²) in [5.74, 6) is -0.0455. The number of nitrogens with one attached hydrogen (secondary N) is 1. The van der Waals surface area contributed by atoms with Gasteiger partial charge in [-0.2, -0.15) is 0 Å². The number of imidazole rings is 1. The summed E-state index contributed by atoms with van der Waals surface area (Å²) in [7, 11) is 0. The highest BCUT2D eigenvalue weighted by molar-refractivity contribution is 5.90. The van der Waals surface area contributed by atoms with Crippen molar-refractivity contribution in [3.05, 3.63) is 35.9 Å². The number of ether oxygens (including phenoxy) is 1. The highest BCUT2D eigenvalue weighted by Gasteiger charge is 2.32. The van der Waals surface area contributed by atoms with Crippen LogP contribution in [0.4, 0.5) is 14.9 Å². The number of benzene rings is 1. The molecule has 2 heterocycles. The second-order valence-corrected chi connectivity index (χ2v) is 4.85. The van der Waals surface area contributed by atoms with Gasteiger partial charge in [0, 0.05) is 6.20 Å². The molecule has 2 N–H and O–H groups in total. The van der Waals surface area contributed by atoms with Crippen LogP contribution in [0.15, 0.2) is 24.4 Å². The fraction of sp³-hybridized carbons (Fsp3) is 0.286. The fourth-order valence-electron chi connectivity index (χ4n) is 2.24. The Kier molecular flexibility index (Phi) is 3.34. The van der Waals surface area contributed by atoms with E-state index >= 15 is 0 Å². The Hall–Kier alpha value is -2.41. The Morgan fingerprint density at radius 1 is 1.57 bits per heavy atom. The minimum absolute atomic E-state index is 0.202. The van der Waals surface area contributed by atoms with E-state index in [1.54, 1.807) is 18.3 Å². The molecule has 7 heteroatoms. The molecule has 1 aliphatic heterocycles. The molecule has 6 nitrogen and oxygen atoms in total. The van der Waals surface area contributed by atoms with Crippen molar-refractivity contribution in [2.45, 2.75) is 13.0 Å². The van der Waals surface area contributed by atoms with Gasteiger partial charge in [-0.25, -0.2) is 14.2 Å². The first-order chi connectivity index (χ1) is 10.1. The van der Waals surface area contributed by atoms with Crippen molar-refractivity contribution in [3.63, 3.8) is 0 Å². The Morgan fingerprint density at radius 2 is 2.38 bits per heavy atom. The zero-order valence-corrected chi connectivity index (χ0v) is 11.3. The molecule has 0 aliphatic carbocycles. The van der Waals surface area contributed by atoms with Gasteiger partial charge < -0.3 is 14.8 Å². The maximum Gasteiger partial charge on any atom is 0.414 e. The number of carbonyl (C=O) groups is 1.